The lowest BCUT2D eigenvalue weighted by Gasteiger charge is -2.12. The number of halogens is 2. The van der Waals surface area contributed by atoms with Crippen molar-refractivity contribution in [2.75, 3.05) is 7.11 Å². The Bertz CT molecular complexity index is 391. The van der Waals surface area contributed by atoms with E-state index in [2.05, 4.69) is 9.24 Å². The van der Waals surface area contributed by atoms with Crippen molar-refractivity contribution < 1.29 is 9.53 Å². The molecule has 0 saturated carbocycles. The summed E-state index contributed by atoms with van der Waals surface area (Å²) in [5.41, 5.74) is 0.115. The van der Waals surface area contributed by atoms with Crippen molar-refractivity contribution in [3.8, 4) is 5.75 Å². The van der Waals surface area contributed by atoms with Crippen LogP contribution in [0.15, 0.2) is 12.1 Å². The average Bonchev–Trinajstić information content (AvgIpc) is 2.19. The molecule has 15 heavy (non-hydrogen) atoms. The van der Waals surface area contributed by atoms with Crippen molar-refractivity contribution in [1.29, 1.82) is 0 Å². The normalized spacial score (nSPS) is 12.3. The fraction of sp³-hybridized carbons (Fsp3) is 0.300. The molecule has 0 bridgehead atoms. The molecular weight excluding hydrogens is 254 g/mol. The highest BCUT2D eigenvalue weighted by molar-refractivity contribution is 7.19. The Morgan fingerprint density at radius 2 is 1.93 bits per heavy atom. The lowest BCUT2D eigenvalue weighted by molar-refractivity contribution is 0.0991. The van der Waals surface area contributed by atoms with Crippen LogP contribution in [0.5, 0.6) is 5.75 Å². The topological polar surface area (TPSA) is 26.3 Å². The molecule has 1 rings (SSSR count). The van der Waals surface area contributed by atoms with Gasteiger partial charge in [-0.25, -0.2) is 0 Å². The molecule has 0 aromatic heterocycles. The van der Waals surface area contributed by atoms with Crippen LogP contribution in [0.2, 0.25) is 10.0 Å². The Balaban J connectivity index is 3.37. The number of hydrogen-bond donors (Lipinski definition) is 0. The maximum absolute atomic E-state index is 11.9. The number of hydrogen-bond acceptors (Lipinski definition) is 2. The molecule has 1 aromatic rings. The second-order valence-corrected chi connectivity index (χ2v) is 4.90. The van der Waals surface area contributed by atoms with Gasteiger partial charge < -0.3 is 4.74 Å². The van der Waals surface area contributed by atoms with Crippen molar-refractivity contribution in [1.82, 2.24) is 0 Å². The molecule has 1 aromatic carbocycles. The fourth-order valence-corrected chi connectivity index (χ4v) is 1.83. The van der Waals surface area contributed by atoms with Crippen molar-refractivity contribution in [2.24, 2.45) is 0 Å². The van der Waals surface area contributed by atoms with Gasteiger partial charge in [-0.2, -0.15) is 0 Å². The van der Waals surface area contributed by atoms with Gasteiger partial charge in [-0.1, -0.05) is 30.1 Å². The predicted octanol–water partition coefficient (Wildman–Crippen LogP) is 3.45. The largest absolute Gasteiger partial charge is 0.494 e. The van der Waals surface area contributed by atoms with Crippen molar-refractivity contribution in [3.63, 3.8) is 0 Å². The molecule has 0 aliphatic heterocycles. The van der Waals surface area contributed by atoms with Crippen LogP contribution in [-0.4, -0.2) is 18.6 Å². The summed E-state index contributed by atoms with van der Waals surface area (Å²) >= 11 is 11.9. The molecule has 0 N–H and O–H groups in total. The zero-order valence-corrected chi connectivity index (χ0v) is 11.0. The highest BCUT2D eigenvalue weighted by atomic mass is 35.5. The third kappa shape index (κ3) is 2.63. The van der Waals surface area contributed by atoms with Gasteiger partial charge in [-0.15, -0.1) is 9.24 Å². The summed E-state index contributed by atoms with van der Waals surface area (Å²) in [6.07, 6.45) is 0. The Kier molecular flexibility index (Phi) is 4.39. The van der Waals surface area contributed by atoms with E-state index in [1.54, 1.807) is 19.1 Å². The zero-order chi connectivity index (χ0) is 11.6. The number of carbonyl (C=O) groups is 1. The molecule has 2 nitrogen and oxygen atoms in total. The first-order chi connectivity index (χ1) is 6.99. The van der Waals surface area contributed by atoms with Crippen LogP contribution in [0.4, 0.5) is 0 Å². The summed E-state index contributed by atoms with van der Waals surface area (Å²) < 4.78 is 5.08. The van der Waals surface area contributed by atoms with E-state index in [9.17, 15) is 4.79 Å². The number of Topliss-reactive ketones (excluding diaryl/α,β-unsaturated/α-hetero) is 1. The number of ketones is 1. The third-order valence-electron chi connectivity index (χ3n) is 1.92. The van der Waals surface area contributed by atoms with E-state index in [1.165, 1.54) is 7.11 Å². The first-order valence-corrected chi connectivity index (χ1v) is 5.73. The minimum Gasteiger partial charge on any atom is -0.494 e. The van der Waals surface area contributed by atoms with Crippen LogP contribution in [0.25, 0.3) is 0 Å². The second-order valence-electron chi connectivity index (χ2n) is 3.09. The Hall–Kier alpha value is -0.300. The number of carbonyl (C=O) groups excluding carboxylic acids is 1. The van der Waals surface area contributed by atoms with E-state index in [0.717, 1.165) is 0 Å². The van der Waals surface area contributed by atoms with Gasteiger partial charge in [0.25, 0.3) is 0 Å². The summed E-state index contributed by atoms with van der Waals surface area (Å²) in [6, 6.07) is 3.19. The smallest absolute Gasteiger partial charge is 0.174 e. The number of methoxy groups -OCH3 is 1. The molecule has 5 heteroatoms. The lowest BCUT2D eigenvalue weighted by Crippen LogP contribution is -2.12. The first kappa shape index (κ1) is 12.8. The van der Waals surface area contributed by atoms with E-state index >= 15 is 0 Å². The molecule has 0 aliphatic rings. The molecule has 82 valence electrons. The highest BCUT2D eigenvalue weighted by Crippen LogP contribution is 2.35. The maximum Gasteiger partial charge on any atom is 0.174 e. The van der Waals surface area contributed by atoms with Crippen LogP contribution in [0.1, 0.15) is 17.3 Å². The summed E-state index contributed by atoms with van der Waals surface area (Å²) in [4.78, 5) is 11.9. The molecule has 0 aliphatic carbocycles. The van der Waals surface area contributed by atoms with Gasteiger partial charge in [0.05, 0.1) is 22.7 Å². The van der Waals surface area contributed by atoms with E-state index < -0.39 is 0 Å². The lowest BCUT2D eigenvalue weighted by atomic mass is 10.1. The van der Waals surface area contributed by atoms with Gasteiger partial charge in [-0.3, -0.25) is 4.79 Å². The van der Waals surface area contributed by atoms with Crippen molar-refractivity contribution >= 4 is 38.2 Å². The third-order valence-corrected chi connectivity index (χ3v) is 2.84. The Labute approximate surface area is 101 Å². The van der Waals surface area contributed by atoms with Gasteiger partial charge in [0.2, 0.25) is 0 Å². The quantitative estimate of drug-likeness (QED) is 0.618. The molecule has 0 saturated heterocycles. The van der Waals surface area contributed by atoms with Crippen LogP contribution >= 0.6 is 32.4 Å². The molecule has 2 unspecified atom stereocenters. The Morgan fingerprint density at radius 1 is 1.40 bits per heavy atom. The minimum absolute atomic E-state index is 0.107. The average molecular weight is 265 g/mol. The van der Waals surface area contributed by atoms with E-state index in [1.807, 2.05) is 0 Å². The molecular formula is C10H11Cl2O2P. The second kappa shape index (κ2) is 5.16. The van der Waals surface area contributed by atoms with Crippen molar-refractivity contribution in [3.05, 3.63) is 27.7 Å². The van der Waals surface area contributed by atoms with Crippen LogP contribution < -0.4 is 4.74 Å². The SMILES string of the molecule is COc1c(Cl)ccc(Cl)c1C(=O)C(C)P. The van der Waals surface area contributed by atoms with Crippen LogP contribution in [0.3, 0.4) is 0 Å². The fourth-order valence-electron chi connectivity index (χ4n) is 1.19. The minimum atomic E-state index is -0.227. The highest BCUT2D eigenvalue weighted by Gasteiger charge is 2.21. The van der Waals surface area contributed by atoms with Gasteiger partial charge in [0.1, 0.15) is 5.75 Å². The zero-order valence-electron chi connectivity index (χ0n) is 8.38. The van der Waals surface area contributed by atoms with Crippen molar-refractivity contribution in [2.45, 2.75) is 12.6 Å². The molecule has 2 atom stereocenters. The summed E-state index contributed by atoms with van der Waals surface area (Å²) in [7, 11) is 3.88. The molecule has 0 spiro atoms. The Morgan fingerprint density at radius 3 is 2.40 bits per heavy atom. The van der Waals surface area contributed by atoms with E-state index in [-0.39, 0.29) is 11.4 Å². The van der Waals surface area contributed by atoms with Gasteiger partial charge >= 0.3 is 0 Å². The first-order valence-electron chi connectivity index (χ1n) is 4.30. The van der Waals surface area contributed by atoms with Crippen LogP contribution in [-0.2, 0) is 0 Å². The summed E-state index contributed by atoms with van der Waals surface area (Å²) in [5, 5.41) is 0.742. The molecule has 0 heterocycles. The molecule has 0 radical (unpaired) electrons. The van der Waals surface area contributed by atoms with E-state index in [0.29, 0.717) is 21.4 Å². The summed E-state index contributed by atoms with van der Waals surface area (Å²) in [6.45, 7) is 1.77. The maximum atomic E-state index is 11.9. The van der Waals surface area contributed by atoms with Gasteiger partial charge in [0.15, 0.2) is 5.78 Å². The predicted molar refractivity (Wildman–Crippen MR) is 66.5 cm³/mol. The number of benzene rings is 1. The standard InChI is InChI=1S/C10H11Cl2O2P/c1-5(15)9(13)8-6(11)3-4-7(12)10(8)14-2/h3-5H,15H2,1-2H3. The molecule has 0 fully saturated rings. The van der Waals surface area contributed by atoms with Gasteiger partial charge in [0, 0.05) is 5.66 Å². The molecule has 0 amide bonds. The monoisotopic (exact) mass is 264 g/mol. The number of ether oxygens (including phenoxy) is 1. The number of rotatable bonds is 3. The van der Waals surface area contributed by atoms with E-state index in [4.69, 9.17) is 27.9 Å². The summed E-state index contributed by atoms with van der Waals surface area (Å²) in [5.74, 6) is 0.229. The van der Waals surface area contributed by atoms with Crippen LogP contribution in [0, 0.1) is 0 Å². The van der Waals surface area contributed by atoms with Gasteiger partial charge in [-0.05, 0) is 12.1 Å².